The van der Waals surface area contributed by atoms with E-state index in [-0.39, 0.29) is 6.17 Å². The van der Waals surface area contributed by atoms with Crippen LogP contribution in [0, 0.1) is 5.21 Å². The molecule has 1 aliphatic heterocycles. The third-order valence-electron chi connectivity index (χ3n) is 1.40. The SMILES string of the molecule is CN([O-])N([NH-])C1CCN1. The summed E-state index contributed by atoms with van der Waals surface area (Å²) in [5.41, 5.74) is 0. The molecule has 5 heteroatoms. The van der Waals surface area contributed by atoms with E-state index in [1.807, 2.05) is 0 Å². The lowest BCUT2D eigenvalue weighted by atomic mass is 10.2. The van der Waals surface area contributed by atoms with Crippen LogP contribution in [0.1, 0.15) is 6.42 Å². The van der Waals surface area contributed by atoms with Gasteiger partial charge in [0, 0.05) is 0 Å². The zero-order valence-corrected chi connectivity index (χ0v) is 5.29. The number of hydrogen-bond acceptors (Lipinski definition) is 4. The van der Waals surface area contributed by atoms with Crippen molar-refractivity contribution < 1.29 is 0 Å². The molecule has 1 heterocycles. The summed E-state index contributed by atoms with van der Waals surface area (Å²) in [6, 6.07) is 0. The summed E-state index contributed by atoms with van der Waals surface area (Å²) >= 11 is 0. The van der Waals surface area contributed by atoms with Crippen LogP contribution in [0.25, 0.3) is 5.84 Å². The minimum Gasteiger partial charge on any atom is -0.773 e. The first-order valence-corrected chi connectivity index (χ1v) is 2.86. The van der Waals surface area contributed by atoms with Gasteiger partial charge in [-0.25, -0.2) is 0 Å². The van der Waals surface area contributed by atoms with Crippen molar-refractivity contribution in [1.82, 2.24) is 15.6 Å². The molecule has 9 heavy (non-hydrogen) atoms. The number of hydrogen-bond donors (Lipinski definition) is 1. The van der Waals surface area contributed by atoms with Crippen molar-refractivity contribution in [3.05, 3.63) is 11.0 Å². The molecule has 0 aromatic carbocycles. The van der Waals surface area contributed by atoms with E-state index in [1.165, 1.54) is 7.05 Å². The van der Waals surface area contributed by atoms with Gasteiger partial charge >= 0.3 is 0 Å². The van der Waals surface area contributed by atoms with Crippen molar-refractivity contribution in [1.29, 1.82) is 0 Å². The van der Waals surface area contributed by atoms with E-state index in [1.54, 1.807) is 0 Å². The van der Waals surface area contributed by atoms with Crippen molar-refractivity contribution in [2.75, 3.05) is 13.6 Å². The lowest BCUT2D eigenvalue weighted by Gasteiger charge is -2.50. The Morgan fingerprint density at radius 2 is 2.33 bits per heavy atom. The molecule has 0 aromatic heterocycles. The van der Waals surface area contributed by atoms with Crippen LogP contribution in [0.2, 0.25) is 0 Å². The highest BCUT2D eigenvalue weighted by Crippen LogP contribution is 2.08. The zero-order valence-electron chi connectivity index (χ0n) is 5.29. The maximum Gasteiger partial charge on any atom is 0.0558 e. The molecule has 54 valence electrons. The molecule has 0 amide bonds. The van der Waals surface area contributed by atoms with Gasteiger partial charge in [-0.15, -0.1) is 0 Å². The smallest absolute Gasteiger partial charge is 0.0558 e. The predicted molar refractivity (Wildman–Crippen MR) is 33.7 cm³/mol. The fourth-order valence-corrected chi connectivity index (χ4v) is 0.678. The Morgan fingerprint density at radius 3 is 2.44 bits per heavy atom. The fourth-order valence-electron chi connectivity index (χ4n) is 0.678. The van der Waals surface area contributed by atoms with E-state index in [9.17, 15) is 5.21 Å². The number of nitrogens with one attached hydrogen (secondary N) is 2. The van der Waals surface area contributed by atoms with Crippen molar-refractivity contribution >= 4 is 0 Å². The molecule has 1 saturated heterocycles. The second-order valence-electron chi connectivity index (χ2n) is 2.07. The number of nitrogens with zero attached hydrogens (tertiary/aromatic N) is 2. The molecule has 5 nitrogen and oxygen atoms in total. The van der Waals surface area contributed by atoms with E-state index in [0.717, 1.165) is 18.1 Å². The molecule has 0 aromatic rings. The maximum absolute atomic E-state index is 10.4. The van der Waals surface area contributed by atoms with E-state index in [0.29, 0.717) is 5.17 Å². The van der Waals surface area contributed by atoms with Crippen LogP contribution < -0.4 is 5.32 Å². The molecule has 1 unspecified atom stereocenters. The van der Waals surface area contributed by atoms with Crippen LogP contribution in [0.3, 0.4) is 0 Å². The van der Waals surface area contributed by atoms with Gasteiger partial charge in [0.15, 0.2) is 0 Å². The Bertz CT molecular complexity index is 92.6. The lowest BCUT2D eigenvalue weighted by Crippen LogP contribution is -2.55. The third-order valence-corrected chi connectivity index (χ3v) is 1.40. The first-order valence-electron chi connectivity index (χ1n) is 2.86. The molecule has 1 rings (SSSR count). The van der Waals surface area contributed by atoms with Crippen molar-refractivity contribution in [2.24, 2.45) is 0 Å². The Balaban J connectivity index is 2.23. The van der Waals surface area contributed by atoms with Crippen LogP contribution in [-0.4, -0.2) is 30.0 Å². The Kier molecular flexibility index (Phi) is 1.99. The highest BCUT2D eigenvalue weighted by molar-refractivity contribution is 4.76. The Labute approximate surface area is 53.9 Å². The monoisotopic (exact) mass is 130 g/mol. The maximum atomic E-state index is 10.4. The van der Waals surface area contributed by atoms with Crippen LogP contribution in [0.4, 0.5) is 0 Å². The van der Waals surface area contributed by atoms with Crippen molar-refractivity contribution in [3.8, 4) is 0 Å². The normalized spacial score (nSPS) is 27.0. The summed E-state index contributed by atoms with van der Waals surface area (Å²) in [5.74, 6) is 7.07. The largest absolute Gasteiger partial charge is 0.773 e. The Morgan fingerprint density at radius 1 is 1.78 bits per heavy atom. The van der Waals surface area contributed by atoms with Gasteiger partial charge in [-0.3, -0.25) is 0 Å². The van der Waals surface area contributed by atoms with Crippen molar-refractivity contribution in [3.63, 3.8) is 0 Å². The molecule has 0 aliphatic carbocycles. The summed E-state index contributed by atoms with van der Waals surface area (Å²) < 4.78 is 0. The number of hydroxylamine groups is 1. The predicted octanol–water partition coefficient (Wildman–Crippen LogP) is -0.0804. The molecular formula is C4H10N4O-2. The summed E-state index contributed by atoms with van der Waals surface area (Å²) in [7, 11) is 1.31. The van der Waals surface area contributed by atoms with Gasteiger partial charge in [-0.05, 0) is 20.0 Å². The quantitative estimate of drug-likeness (QED) is 0.531. The first-order chi connectivity index (χ1) is 4.22. The van der Waals surface area contributed by atoms with E-state index >= 15 is 0 Å². The minimum absolute atomic E-state index is 0.0625. The van der Waals surface area contributed by atoms with Crippen LogP contribution in [-0.2, 0) is 0 Å². The molecule has 0 spiro atoms. The summed E-state index contributed by atoms with van der Waals surface area (Å²) in [6.45, 7) is 0.911. The van der Waals surface area contributed by atoms with Gasteiger partial charge in [0.25, 0.3) is 0 Å². The molecule has 1 atom stereocenters. The number of hydrazine groups is 1. The van der Waals surface area contributed by atoms with Crippen LogP contribution in [0.5, 0.6) is 0 Å². The van der Waals surface area contributed by atoms with E-state index < -0.39 is 0 Å². The van der Waals surface area contributed by atoms with Crippen molar-refractivity contribution in [2.45, 2.75) is 12.6 Å². The van der Waals surface area contributed by atoms with Gasteiger partial charge in [-0.2, -0.15) is 0 Å². The topological polar surface area (TPSA) is 65.4 Å². The van der Waals surface area contributed by atoms with Gasteiger partial charge in [0.1, 0.15) is 0 Å². The fraction of sp³-hybridized carbons (Fsp3) is 1.00. The Hall–Kier alpha value is -0.200. The van der Waals surface area contributed by atoms with Gasteiger partial charge < -0.3 is 26.7 Å². The first kappa shape index (κ1) is 6.91. The summed E-state index contributed by atoms with van der Waals surface area (Å²) in [5, 5.41) is 14.7. The second kappa shape index (κ2) is 2.59. The molecule has 1 aliphatic rings. The van der Waals surface area contributed by atoms with Crippen LogP contribution >= 0.6 is 0 Å². The van der Waals surface area contributed by atoms with Gasteiger partial charge in [-0.1, -0.05) is 0 Å². The average molecular weight is 130 g/mol. The highest BCUT2D eigenvalue weighted by Gasteiger charge is 2.16. The highest BCUT2D eigenvalue weighted by atomic mass is 16.6. The van der Waals surface area contributed by atoms with E-state index in [2.05, 4.69) is 5.32 Å². The van der Waals surface area contributed by atoms with Crippen LogP contribution in [0.15, 0.2) is 0 Å². The molecule has 2 N–H and O–H groups in total. The zero-order chi connectivity index (χ0) is 6.85. The van der Waals surface area contributed by atoms with E-state index in [4.69, 9.17) is 5.84 Å². The molecule has 0 radical (unpaired) electrons. The molecule has 0 bridgehead atoms. The average Bonchev–Trinajstić information content (AvgIpc) is 1.60. The second-order valence-corrected chi connectivity index (χ2v) is 2.07. The molecular weight excluding hydrogens is 120 g/mol. The summed E-state index contributed by atoms with van der Waals surface area (Å²) in [4.78, 5) is 0. The molecule has 0 saturated carbocycles. The third kappa shape index (κ3) is 1.38. The van der Waals surface area contributed by atoms with Gasteiger partial charge in [0.2, 0.25) is 0 Å². The molecule has 1 fully saturated rings. The lowest BCUT2D eigenvalue weighted by molar-refractivity contribution is 0.00732. The van der Waals surface area contributed by atoms with Gasteiger partial charge in [0.05, 0.1) is 6.17 Å². The summed E-state index contributed by atoms with van der Waals surface area (Å²) in [6.07, 6.45) is 0.822. The standard InChI is InChI=1S/C4H10N4O/c1-7(9)8(5)4-2-3-6-4/h4-6H,2-3H2,1H3/q-2. The number of rotatable bonds is 2. The minimum atomic E-state index is -0.0625.